The summed E-state index contributed by atoms with van der Waals surface area (Å²) in [4.78, 5) is 96.0. The predicted molar refractivity (Wildman–Crippen MR) is 160 cm³/mol. The van der Waals surface area contributed by atoms with Crippen LogP contribution in [-0.4, -0.2) is 108 Å². The Hall–Kier alpha value is -5.22. The number of urea groups is 1. The van der Waals surface area contributed by atoms with Gasteiger partial charge in [0.2, 0.25) is 12.7 Å². The van der Waals surface area contributed by atoms with E-state index in [2.05, 4.69) is 15.4 Å². The highest BCUT2D eigenvalue weighted by Crippen LogP contribution is 2.36. The van der Waals surface area contributed by atoms with Crippen LogP contribution in [0.3, 0.4) is 0 Å². The summed E-state index contributed by atoms with van der Waals surface area (Å²) in [6.07, 6.45) is 0. The van der Waals surface area contributed by atoms with E-state index in [1.807, 2.05) is 0 Å². The molecule has 3 aliphatic heterocycles. The average molecular weight is 672 g/mol. The van der Waals surface area contributed by atoms with Crippen molar-refractivity contribution >= 4 is 57.4 Å². The molecule has 17 nitrogen and oxygen atoms in total. The number of rotatable bonds is 8. The molecule has 4 atom stereocenters. The SMILES string of the molecule is CCN1CCN(C(=O)NC(C(=O)NC2C(=O)N3C(C(=O)OCOC(=O)C(C)(C)C)=C(C)C(=[N+]=[N-])[S@](=O)[C@@H]23)c2ccccc2)C(=O)C1=O. The monoisotopic (exact) mass is 671 g/mol. The van der Waals surface area contributed by atoms with Gasteiger partial charge in [-0.05, 0) is 40.2 Å². The molecule has 0 radical (unpaired) electrons. The topological polar surface area (TPSA) is 225 Å². The Labute approximate surface area is 271 Å². The first kappa shape index (κ1) is 34.6. The lowest BCUT2D eigenvalue weighted by Crippen LogP contribution is -2.74. The largest absolute Gasteiger partial charge is 0.427 e. The zero-order valence-electron chi connectivity index (χ0n) is 26.2. The maximum atomic E-state index is 13.6. The first-order chi connectivity index (χ1) is 22.1. The zero-order chi connectivity index (χ0) is 34.8. The van der Waals surface area contributed by atoms with Crippen LogP contribution < -0.4 is 10.6 Å². The summed E-state index contributed by atoms with van der Waals surface area (Å²) in [5.41, 5.74) is 8.38. The van der Waals surface area contributed by atoms with Crippen molar-refractivity contribution in [3.05, 3.63) is 52.7 Å². The standard InChI is InChI=1S/C29H33N7O10S/c1-6-34-12-13-35(24(40)23(34)39)28(43)32-17(16-10-8-7-9-11-16)20(37)31-18-22(38)36-19(15(2)21(33-30)47(44)25(18)36)26(41)45-14-46-27(42)29(3,4)5/h7-11,17-18,25H,6,12-14H2,1-5H3,(H,31,37)(H,32,43)/t17?,18?,25-,47-/m0/s1. The molecular weight excluding hydrogens is 638 g/mol. The molecule has 3 heterocycles. The molecule has 0 saturated carbocycles. The summed E-state index contributed by atoms with van der Waals surface area (Å²) in [7, 11) is -2.25. The van der Waals surface area contributed by atoms with Crippen molar-refractivity contribution in [2.24, 2.45) is 5.41 Å². The van der Waals surface area contributed by atoms with E-state index in [9.17, 15) is 43.3 Å². The second kappa shape index (κ2) is 13.6. The maximum absolute atomic E-state index is 13.6. The summed E-state index contributed by atoms with van der Waals surface area (Å²) < 4.78 is 23.3. The van der Waals surface area contributed by atoms with Crippen molar-refractivity contribution in [2.75, 3.05) is 26.4 Å². The number of benzene rings is 1. The number of carbonyl (C=O) groups excluding carboxylic acids is 7. The number of nitrogens with zero attached hydrogens (tertiary/aromatic N) is 5. The van der Waals surface area contributed by atoms with Gasteiger partial charge in [-0.3, -0.25) is 33.8 Å². The predicted octanol–water partition coefficient (Wildman–Crippen LogP) is -0.464. The number of esters is 2. The van der Waals surface area contributed by atoms with Gasteiger partial charge in [0.1, 0.15) is 17.8 Å². The normalized spacial score (nSPS) is 21.7. The number of hydrogen-bond donors (Lipinski definition) is 2. The minimum atomic E-state index is -2.25. The molecule has 0 aromatic heterocycles. The third kappa shape index (κ3) is 6.69. The Kier molecular flexibility index (Phi) is 10.1. The maximum Gasteiger partial charge on any atom is 0.386 e. The molecular formula is C29H33N7O10S. The Morgan fingerprint density at radius 1 is 1.06 bits per heavy atom. The van der Waals surface area contributed by atoms with E-state index in [1.54, 1.807) is 45.9 Å². The summed E-state index contributed by atoms with van der Waals surface area (Å²) in [5, 5.41) is 2.98. The first-order valence-electron chi connectivity index (χ1n) is 14.4. The molecule has 0 aliphatic carbocycles. The van der Waals surface area contributed by atoms with Gasteiger partial charge >= 0.3 is 34.8 Å². The number of imide groups is 1. The van der Waals surface area contributed by atoms with Crippen LogP contribution in [0.15, 0.2) is 41.6 Å². The molecule has 4 rings (SSSR count). The zero-order valence-corrected chi connectivity index (χ0v) is 27.0. The molecule has 1 aromatic carbocycles. The van der Waals surface area contributed by atoms with Crippen molar-refractivity contribution in [1.82, 2.24) is 25.3 Å². The van der Waals surface area contributed by atoms with Gasteiger partial charge in [0.25, 0.3) is 5.91 Å². The van der Waals surface area contributed by atoms with Gasteiger partial charge in [0, 0.05) is 19.6 Å². The number of nitrogens with one attached hydrogen (secondary N) is 2. The minimum Gasteiger partial charge on any atom is -0.427 e. The summed E-state index contributed by atoms with van der Waals surface area (Å²) >= 11 is 0. The third-order valence-corrected chi connectivity index (χ3v) is 9.23. The van der Waals surface area contributed by atoms with Crippen LogP contribution in [-0.2, 0) is 49.0 Å². The summed E-state index contributed by atoms with van der Waals surface area (Å²) in [5.74, 6) is -5.59. The number of hydrogen-bond acceptors (Lipinski definition) is 10. The fourth-order valence-corrected chi connectivity index (χ4v) is 6.48. The van der Waals surface area contributed by atoms with Crippen LogP contribution in [0.5, 0.6) is 0 Å². The van der Waals surface area contributed by atoms with Gasteiger partial charge in [-0.15, -0.1) is 0 Å². The lowest BCUT2D eigenvalue weighted by Gasteiger charge is -2.47. The number of carbonyl (C=O) groups is 7. The number of likely N-dealkylation sites (N-methyl/N-ethyl adjacent to an activating group) is 1. The molecule has 2 saturated heterocycles. The van der Waals surface area contributed by atoms with E-state index in [0.717, 1.165) is 4.90 Å². The molecule has 250 valence electrons. The van der Waals surface area contributed by atoms with Crippen LogP contribution in [0.1, 0.15) is 46.2 Å². The van der Waals surface area contributed by atoms with E-state index in [4.69, 9.17) is 9.47 Å². The lowest BCUT2D eigenvalue weighted by molar-refractivity contribution is -0.173. The fraction of sp³-hybridized carbons (Fsp3) is 0.448. The molecule has 18 heteroatoms. The van der Waals surface area contributed by atoms with Crippen LogP contribution in [0, 0.1) is 5.41 Å². The average Bonchev–Trinajstić information content (AvgIpc) is 3.03. The van der Waals surface area contributed by atoms with E-state index in [1.165, 1.54) is 24.0 Å². The molecule has 3 aliphatic rings. The summed E-state index contributed by atoms with van der Waals surface area (Å²) in [6.45, 7) is 7.17. The highest BCUT2D eigenvalue weighted by molar-refractivity contribution is 8.01. The van der Waals surface area contributed by atoms with Crippen LogP contribution in [0.4, 0.5) is 4.79 Å². The number of fused-ring (bicyclic) bond motifs is 1. The molecule has 0 bridgehead atoms. The van der Waals surface area contributed by atoms with Crippen molar-refractivity contribution in [3.8, 4) is 0 Å². The fourth-order valence-electron chi connectivity index (χ4n) is 4.94. The van der Waals surface area contributed by atoms with Crippen molar-refractivity contribution in [3.63, 3.8) is 0 Å². The van der Waals surface area contributed by atoms with E-state index >= 15 is 0 Å². The van der Waals surface area contributed by atoms with Crippen LogP contribution in [0.2, 0.25) is 0 Å². The van der Waals surface area contributed by atoms with Gasteiger partial charge in [-0.2, -0.15) is 4.79 Å². The van der Waals surface area contributed by atoms with Gasteiger partial charge in [0.05, 0.1) is 11.0 Å². The van der Waals surface area contributed by atoms with Gasteiger partial charge < -0.3 is 30.5 Å². The molecule has 6 amide bonds. The number of piperazine rings is 1. The molecule has 47 heavy (non-hydrogen) atoms. The second-order valence-corrected chi connectivity index (χ2v) is 13.1. The third-order valence-electron chi connectivity index (χ3n) is 7.54. The van der Waals surface area contributed by atoms with E-state index in [-0.39, 0.29) is 30.8 Å². The Balaban J connectivity index is 1.54. The van der Waals surface area contributed by atoms with Gasteiger partial charge in [0.15, 0.2) is 16.2 Å². The molecule has 0 spiro atoms. The van der Waals surface area contributed by atoms with Gasteiger partial charge in [-0.25, -0.2) is 13.8 Å². The van der Waals surface area contributed by atoms with E-state index in [0.29, 0.717) is 4.90 Å². The van der Waals surface area contributed by atoms with Crippen molar-refractivity contribution in [1.29, 1.82) is 0 Å². The Morgan fingerprint density at radius 2 is 1.72 bits per heavy atom. The molecule has 1 aromatic rings. The van der Waals surface area contributed by atoms with Crippen molar-refractivity contribution < 1.29 is 52.0 Å². The van der Waals surface area contributed by atoms with E-state index < -0.39 is 92.8 Å². The Bertz CT molecular complexity index is 1650. The number of amides is 6. The summed E-state index contributed by atoms with van der Waals surface area (Å²) in [6, 6.07) is 3.78. The molecule has 2 N–H and O–H groups in total. The van der Waals surface area contributed by atoms with Crippen LogP contribution in [0.25, 0.3) is 5.53 Å². The lowest BCUT2D eigenvalue weighted by atomic mass is 9.98. The van der Waals surface area contributed by atoms with Crippen LogP contribution >= 0.6 is 0 Å². The second-order valence-electron chi connectivity index (χ2n) is 11.6. The molecule has 2 fully saturated rings. The quantitative estimate of drug-likeness (QED) is 0.0903. The highest BCUT2D eigenvalue weighted by atomic mass is 32.2. The number of β-lactam (4-membered cyclic amide) rings is 1. The van der Waals surface area contributed by atoms with Gasteiger partial charge in [-0.1, -0.05) is 30.3 Å². The Morgan fingerprint density at radius 3 is 2.32 bits per heavy atom. The molecule has 2 unspecified atom stereocenters. The van der Waals surface area contributed by atoms with Crippen molar-refractivity contribution in [2.45, 2.75) is 52.1 Å². The first-order valence-corrected chi connectivity index (χ1v) is 15.6. The minimum absolute atomic E-state index is 0.0993. The highest BCUT2D eigenvalue weighted by Gasteiger charge is 2.61. The smallest absolute Gasteiger partial charge is 0.386 e. The number of ether oxygens (including phenoxy) is 2.